The first-order valence-corrected chi connectivity index (χ1v) is 4.80. The van der Waals surface area contributed by atoms with Gasteiger partial charge in [0.25, 0.3) is 0 Å². The Hall–Kier alpha value is -1.04. The van der Waals surface area contributed by atoms with Gasteiger partial charge in [0.15, 0.2) is 5.75 Å². The van der Waals surface area contributed by atoms with Gasteiger partial charge in [-0.2, -0.15) is 0 Å². The van der Waals surface area contributed by atoms with Crippen molar-refractivity contribution in [1.82, 2.24) is 5.32 Å². The lowest BCUT2D eigenvalue weighted by atomic mass is 10.1. The fraction of sp³-hybridized carbons (Fsp3) is 0.333. The number of aromatic hydroxyl groups is 1. The van der Waals surface area contributed by atoms with Gasteiger partial charge in [0.05, 0.1) is 4.92 Å². The molecule has 5 nitrogen and oxygen atoms in total. The minimum atomic E-state index is -0.656. The highest BCUT2D eigenvalue weighted by atomic mass is 35.5. The Morgan fingerprint density at radius 3 is 2.69 bits per heavy atom. The second-order valence-corrected chi connectivity index (χ2v) is 3.41. The normalized spacial score (nSPS) is 9.62. The third-order valence-corrected chi connectivity index (χ3v) is 2.11. The van der Waals surface area contributed by atoms with Crippen molar-refractivity contribution in [3.8, 4) is 5.75 Å². The van der Waals surface area contributed by atoms with Crippen LogP contribution in [0.4, 0.5) is 5.69 Å². The first-order chi connectivity index (χ1) is 7.06. The molecule has 0 amide bonds. The summed E-state index contributed by atoms with van der Waals surface area (Å²) < 4.78 is 0. The molecule has 0 saturated heterocycles. The molecule has 0 aliphatic carbocycles. The molecule has 7 heteroatoms. The minimum absolute atomic E-state index is 0. The Balaban J connectivity index is 0.00000225. The zero-order valence-electron chi connectivity index (χ0n) is 8.57. The molecular formula is C9H12Cl2N2O3. The van der Waals surface area contributed by atoms with Gasteiger partial charge >= 0.3 is 5.69 Å². The van der Waals surface area contributed by atoms with Crippen molar-refractivity contribution >= 4 is 29.7 Å². The number of phenols is 1. The van der Waals surface area contributed by atoms with Gasteiger partial charge in [-0.3, -0.25) is 10.1 Å². The van der Waals surface area contributed by atoms with Crippen molar-refractivity contribution in [3.63, 3.8) is 0 Å². The zero-order chi connectivity index (χ0) is 11.4. The fourth-order valence-corrected chi connectivity index (χ4v) is 1.41. The number of rotatable bonds is 4. The molecule has 0 bridgehead atoms. The molecule has 0 radical (unpaired) electrons. The van der Waals surface area contributed by atoms with Crippen molar-refractivity contribution < 1.29 is 10.0 Å². The van der Waals surface area contributed by atoms with Crippen LogP contribution >= 0.6 is 24.0 Å². The van der Waals surface area contributed by atoms with Crippen LogP contribution < -0.4 is 5.32 Å². The fourth-order valence-electron chi connectivity index (χ4n) is 1.17. The van der Waals surface area contributed by atoms with E-state index < -0.39 is 4.92 Å². The van der Waals surface area contributed by atoms with Gasteiger partial charge in [-0.25, -0.2) is 0 Å². The second-order valence-electron chi connectivity index (χ2n) is 2.97. The van der Waals surface area contributed by atoms with Gasteiger partial charge in [-0.15, -0.1) is 12.4 Å². The average Bonchev–Trinajstić information content (AvgIpc) is 2.18. The maximum Gasteiger partial charge on any atom is 0.312 e. The molecule has 2 N–H and O–H groups in total. The third-order valence-electron chi connectivity index (χ3n) is 1.90. The van der Waals surface area contributed by atoms with Crippen LogP contribution in [0.2, 0.25) is 5.02 Å². The molecule has 0 saturated carbocycles. The van der Waals surface area contributed by atoms with Crippen molar-refractivity contribution in [2.24, 2.45) is 0 Å². The van der Waals surface area contributed by atoms with Gasteiger partial charge in [-0.1, -0.05) is 18.5 Å². The number of nitrogens with zero attached hydrogens (tertiary/aromatic N) is 1. The topological polar surface area (TPSA) is 75.4 Å². The van der Waals surface area contributed by atoms with Crippen molar-refractivity contribution in [2.45, 2.75) is 13.5 Å². The molecule has 0 unspecified atom stereocenters. The van der Waals surface area contributed by atoms with Gasteiger partial charge in [0, 0.05) is 23.2 Å². The molecule has 16 heavy (non-hydrogen) atoms. The summed E-state index contributed by atoms with van der Waals surface area (Å²) in [5, 5.41) is 23.3. The van der Waals surface area contributed by atoms with Crippen LogP contribution in [0.5, 0.6) is 5.75 Å². The molecule has 90 valence electrons. The Kier molecular flexibility index (Phi) is 6.10. The van der Waals surface area contributed by atoms with E-state index in [1.165, 1.54) is 6.07 Å². The van der Waals surface area contributed by atoms with Crippen LogP contribution in [-0.4, -0.2) is 16.6 Å². The lowest BCUT2D eigenvalue weighted by Gasteiger charge is -2.06. The predicted molar refractivity (Wildman–Crippen MR) is 64.4 cm³/mol. The van der Waals surface area contributed by atoms with E-state index in [2.05, 4.69) is 5.32 Å². The number of halogens is 2. The van der Waals surface area contributed by atoms with Crippen molar-refractivity contribution in [1.29, 1.82) is 0 Å². The van der Waals surface area contributed by atoms with Crippen LogP contribution in [0.25, 0.3) is 0 Å². The number of nitro benzene ring substituents is 1. The highest BCUT2D eigenvalue weighted by molar-refractivity contribution is 6.31. The van der Waals surface area contributed by atoms with Crippen LogP contribution in [-0.2, 0) is 6.54 Å². The van der Waals surface area contributed by atoms with E-state index in [0.717, 1.165) is 6.07 Å². The SMILES string of the molecule is CCNCc1cc(Cl)cc([N+](=O)[O-])c1O.Cl. The molecule has 0 fully saturated rings. The number of nitrogens with one attached hydrogen (secondary N) is 1. The highest BCUT2D eigenvalue weighted by Crippen LogP contribution is 2.32. The number of hydrogen-bond acceptors (Lipinski definition) is 4. The standard InChI is InChI=1S/C9H11ClN2O3.ClH/c1-2-11-5-6-3-7(10)4-8(9(6)13)12(14)15;/h3-4,11,13H,2,5H2,1H3;1H. The lowest BCUT2D eigenvalue weighted by Crippen LogP contribution is -2.12. The summed E-state index contributed by atoms with van der Waals surface area (Å²) in [6.45, 7) is 2.96. The highest BCUT2D eigenvalue weighted by Gasteiger charge is 2.17. The summed E-state index contributed by atoms with van der Waals surface area (Å²) in [5.74, 6) is -0.328. The maximum atomic E-state index is 10.6. The van der Waals surface area contributed by atoms with Crippen LogP contribution in [0.15, 0.2) is 12.1 Å². The first kappa shape index (κ1) is 15.0. The molecule has 1 aromatic rings. The smallest absolute Gasteiger partial charge is 0.312 e. The van der Waals surface area contributed by atoms with Gasteiger partial charge in [0.1, 0.15) is 0 Å². The Morgan fingerprint density at radius 2 is 2.19 bits per heavy atom. The van der Waals surface area contributed by atoms with Crippen LogP contribution in [0, 0.1) is 10.1 Å². The van der Waals surface area contributed by atoms with Crippen molar-refractivity contribution in [3.05, 3.63) is 32.8 Å². The molecular weight excluding hydrogens is 255 g/mol. The summed E-state index contributed by atoms with van der Waals surface area (Å²) in [7, 11) is 0. The quantitative estimate of drug-likeness (QED) is 0.649. The number of phenolic OH excluding ortho intramolecular Hbond substituents is 1. The Morgan fingerprint density at radius 1 is 1.56 bits per heavy atom. The van der Waals surface area contributed by atoms with E-state index in [1.54, 1.807) is 0 Å². The molecule has 0 aromatic heterocycles. The predicted octanol–water partition coefficient (Wildman–Crippen LogP) is 2.49. The summed E-state index contributed by atoms with van der Waals surface area (Å²) in [6, 6.07) is 2.64. The summed E-state index contributed by atoms with van der Waals surface area (Å²) in [6.07, 6.45) is 0. The number of benzene rings is 1. The van der Waals surface area contributed by atoms with E-state index in [0.29, 0.717) is 18.7 Å². The van der Waals surface area contributed by atoms with E-state index in [4.69, 9.17) is 11.6 Å². The van der Waals surface area contributed by atoms with Gasteiger partial charge in [0.2, 0.25) is 0 Å². The van der Waals surface area contributed by atoms with E-state index in [-0.39, 0.29) is 28.9 Å². The third kappa shape index (κ3) is 3.52. The number of nitro groups is 1. The molecule has 0 aliphatic rings. The van der Waals surface area contributed by atoms with Gasteiger partial charge < -0.3 is 10.4 Å². The van der Waals surface area contributed by atoms with Gasteiger partial charge in [-0.05, 0) is 12.6 Å². The van der Waals surface area contributed by atoms with Crippen LogP contribution in [0.3, 0.4) is 0 Å². The monoisotopic (exact) mass is 266 g/mol. The summed E-state index contributed by atoms with van der Waals surface area (Å²) in [4.78, 5) is 9.91. The molecule has 0 spiro atoms. The zero-order valence-corrected chi connectivity index (χ0v) is 10.1. The Labute approximate surface area is 104 Å². The van der Waals surface area contributed by atoms with Crippen LogP contribution in [0.1, 0.15) is 12.5 Å². The summed E-state index contributed by atoms with van der Waals surface area (Å²) >= 11 is 5.70. The molecule has 0 atom stereocenters. The lowest BCUT2D eigenvalue weighted by molar-refractivity contribution is -0.385. The first-order valence-electron chi connectivity index (χ1n) is 4.42. The van der Waals surface area contributed by atoms with E-state index >= 15 is 0 Å². The minimum Gasteiger partial charge on any atom is -0.502 e. The number of hydrogen-bond donors (Lipinski definition) is 2. The second kappa shape index (κ2) is 6.52. The molecule has 0 heterocycles. The average molecular weight is 267 g/mol. The van der Waals surface area contributed by atoms with E-state index in [9.17, 15) is 15.2 Å². The molecule has 1 rings (SSSR count). The Bertz CT molecular complexity index is 385. The maximum absolute atomic E-state index is 10.6. The molecule has 0 aliphatic heterocycles. The summed E-state index contributed by atoms with van der Waals surface area (Å²) in [5.41, 5.74) is 0.0615. The van der Waals surface area contributed by atoms with Crippen molar-refractivity contribution in [2.75, 3.05) is 6.54 Å². The van der Waals surface area contributed by atoms with E-state index in [1.807, 2.05) is 6.92 Å². The largest absolute Gasteiger partial charge is 0.502 e. The molecule has 1 aromatic carbocycles.